The van der Waals surface area contributed by atoms with Crippen molar-refractivity contribution in [1.29, 1.82) is 0 Å². The molecule has 1 unspecified atom stereocenters. The summed E-state index contributed by atoms with van der Waals surface area (Å²) >= 11 is 1.40. The normalized spacial score (nSPS) is 16.1. The number of hydrogen-bond donors (Lipinski definition) is 1. The van der Waals surface area contributed by atoms with E-state index in [1.807, 2.05) is 16.3 Å². The predicted molar refractivity (Wildman–Crippen MR) is 125 cm³/mol. The maximum atomic E-state index is 13.0. The first-order chi connectivity index (χ1) is 15.0. The lowest BCUT2D eigenvalue weighted by Crippen LogP contribution is -2.49. The Morgan fingerprint density at radius 2 is 1.77 bits per heavy atom. The molecule has 0 aliphatic carbocycles. The van der Waals surface area contributed by atoms with Gasteiger partial charge >= 0.3 is 0 Å². The van der Waals surface area contributed by atoms with Crippen molar-refractivity contribution in [1.82, 2.24) is 9.80 Å². The number of piperidine rings is 1. The van der Waals surface area contributed by atoms with Gasteiger partial charge < -0.3 is 15.1 Å². The topological polar surface area (TPSA) is 69.7 Å². The number of carbonyl (C=O) groups is 3. The molecule has 1 aromatic heterocycles. The molecule has 166 valence electrons. The first kappa shape index (κ1) is 23.0. The van der Waals surface area contributed by atoms with Gasteiger partial charge in [-0.3, -0.25) is 14.4 Å². The number of amides is 3. The first-order valence-corrected chi connectivity index (χ1v) is 12.0. The molecule has 1 N–H and O–H groups in total. The predicted octanol–water partition coefficient (Wildman–Crippen LogP) is 4.64. The van der Waals surface area contributed by atoms with E-state index in [4.69, 9.17) is 0 Å². The Morgan fingerprint density at radius 3 is 2.39 bits per heavy atom. The maximum absolute atomic E-state index is 13.0. The van der Waals surface area contributed by atoms with E-state index in [-0.39, 0.29) is 17.7 Å². The molecule has 3 amide bonds. The van der Waals surface area contributed by atoms with Gasteiger partial charge in [0.2, 0.25) is 5.91 Å². The Labute approximate surface area is 188 Å². The molecule has 1 fully saturated rings. The van der Waals surface area contributed by atoms with Crippen LogP contribution < -0.4 is 5.32 Å². The molecule has 7 heteroatoms. The van der Waals surface area contributed by atoms with Crippen LogP contribution in [0.5, 0.6) is 0 Å². The summed E-state index contributed by atoms with van der Waals surface area (Å²) in [6.45, 7) is 6.19. The second-order valence-corrected chi connectivity index (χ2v) is 8.79. The smallest absolute Gasteiger partial charge is 0.264 e. The Bertz CT molecular complexity index is 874. The lowest BCUT2D eigenvalue weighted by Gasteiger charge is -2.34. The summed E-state index contributed by atoms with van der Waals surface area (Å²) in [4.78, 5) is 42.8. The largest absolute Gasteiger partial charge is 0.339 e. The third kappa shape index (κ3) is 5.73. The summed E-state index contributed by atoms with van der Waals surface area (Å²) in [6.07, 6.45) is 4.32. The SMILES string of the molecule is CCCN(CCC)C(=O)c1ccc(NC(=O)C2CCCCN2C(=O)c2cccs2)cc1. The van der Waals surface area contributed by atoms with Gasteiger partial charge in [-0.15, -0.1) is 11.3 Å². The van der Waals surface area contributed by atoms with Crippen molar-refractivity contribution in [2.45, 2.75) is 52.0 Å². The molecule has 1 aliphatic heterocycles. The molecule has 1 aromatic carbocycles. The quantitative estimate of drug-likeness (QED) is 0.649. The highest BCUT2D eigenvalue weighted by Gasteiger charge is 2.33. The van der Waals surface area contributed by atoms with Gasteiger partial charge in [0.1, 0.15) is 6.04 Å². The monoisotopic (exact) mass is 441 g/mol. The standard InChI is InChI=1S/C24H31N3O3S/c1-3-14-26(15-4-2)23(29)18-10-12-19(13-11-18)25-22(28)20-8-5-6-16-27(20)24(30)21-9-7-17-31-21/h7,9-13,17,20H,3-6,8,14-16H2,1-2H3,(H,25,28). The Kier molecular flexibility index (Phi) is 8.23. The summed E-state index contributed by atoms with van der Waals surface area (Å²) in [5.41, 5.74) is 1.25. The number of carbonyl (C=O) groups excluding carboxylic acids is 3. The van der Waals surface area contributed by atoms with Crippen molar-refractivity contribution in [3.63, 3.8) is 0 Å². The Morgan fingerprint density at radius 1 is 1.06 bits per heavy atom. The van der Waals surface area contributed by atoms with Gasteiger partial charge in [-0.2, -0.15) is 0 Å². The van der Waals surface area contributed by atoms with Crippen molar-refractivity contribution in [2.75, 3.05) is 25.0 Å². The summed E-state index contributed by atoms with van der Waals surface area (Å²) in [5.74, 6) is -0.244. The molecule has 6 nitrogen and oxygen atoms in total. The van der Waals surface area contributed by atoms with Gasteiger partial charge in [0.05, 0.1) is 4.88 Å². The molecule has 31 heavy (non-hydrogen) atoms. The van der Waals surface area contributed by atoms with Gasteiger partial charge in [-0.05, 0) is 67.8 Å². The summed E-state index contributed by atoms with van der Waals surface area (Å²) < 4.78 is 0. The number of rotatable bonds is 8. The molecule has 0 bridgehead atoms. The second-order valence-electron chi connectivity index (χ2n) is 7.85. The van der Waals surface area contributed by atoms with Crippen LogP contribution >= 0.6 is 11.3 Å². The number of hydrogen-bond acceptors (Lipinski definition) is 4. The minimum absolute atomic E-state index is 0.0153. The zero-order valence-corrected chi connectivity index (χ0v) is 19.1. The molecule has 0 spiro atoms. The zero-order valence-electron chi connectivity index (χ0n) is 18.3. The fraction of sp³-hybridized carbons (Fsp3) is 0.458. The average molecular weight is 442 g/mol. The van der Waals surface area contributed by atoms with Crippen LogP contribution in [0.2, 0.25) is 0 Å². The van der Waals surface area contributed by atoms with Crippen molar-refractivity contribution < 1.29 is 14.4 Å². The van der Waals surface area contributed by atoms with Crippen molar-refractivity contribution in [3.05, 3.63) is 52.2 Å². The van der Waals surface area contributed by atoms with Crippen molar-refractivity contribution >= 4 is 34.7 Å². The van der Waals surface area contributed by atoms with E-state index >= 15 is 0 Å². The average Bonchev–Trinajstić information content (AvgIpc) is 3.33. The van der Waals surface area contributed by atoms with Gasteiger partial charge in [0, 0.05) is 30.9 Å². The van der Waals surface area contributed by atoms with Gasteiger partial charge in [0.25, 0.3) is 11.8 Å². The van der Waals surface area contributed by atoms with Crippen LogP contribution in [-0.4, -0.2) is 53.2 Å². The van der Waals surface area contributed by atoms with E-state index in [1.165, 1.54) is 11.3 Å². The van der Waals surface area contributed by atoms with Crippen LogP contribution in [0.1, 0.15) is 66.0 Å². The first-order valence-electron chi connectivity index (χ1n) is 11.1. The number of anilines is 1. The molecule has 0 radical (unpaired) electrons. The van der Waals surface area contributed by atoms with Crippen molar-refractivity contribution in [3.8, 4) is 0 Å². The lowest BCUT2D eigenvalue weighted by atomic mass is 10.0. The third-order valence-corrected chi connectivity index (χ3v) is 6.33. The third-order valence-electron chi connectivity index (χ3n) is 5.47. The Hall–Kier alpha value is -2.67. The van der Waals surface area contributed by atoms with Crippen LogP contribution in [0.3, 0.4) is 0 Å². The molecular weight excluding hydrogens is 410 g/mol. The molecule has 1 saturated heterocycles. The molecule has 2 aromatic rings. The van der Waals surface area contributed by atoms with Crippen LogP contribution in [0.15, 0.2) is 41.8 Å². The fourth-order valence-electron chi connectivity index (χ4n) is 3.95. The summed E-state index contributed by atoms with van der Waals surface area (Å²) in [5, 5.41) is 4.81. The number of nitrogens with one attached hydrogen (secondary N) is 1. The fourth-order valence-corrected chi connectivity index (χ4v) is 4.63. The minimum Gasteiger partial charge on any atom is -0.339 e. The van der Waals surface area contributed by atoms with E-state index in [2.05, 4.69) is 19.2 Å². The second kappa shape index (κ2) is 11.1. The highest BCUT2D eigenvalue weighted by atomic mass is 32.1. The van der Waals surface area contributed by atoms with Crippen LogP contribution in [0, 0.1) is 0 Å². The molecule has 3 rings (SSSR count). The number of nitrogens with zero attached hydrogens (tertiary/aromatic N) is 2. The van der Waals surface area contributed by atoms with Crippen LogP contribution in [-0.2, 0) is 4.79 Å². The maximum Gasteiger partial charge on any atom is 0.264 e. The van der Waals surface area contributed by atoms with E-state index < -0.39 is 6.04 Å². The van der Waals surface area contributed by atoms with Crippen LogP contribution in [0.25, 0.3) is 0 Å². The summed E-state index contributed by atoms with van der Waals surface area (Å²) in [7, 11) is 0. The van der Waals surface area contributed by atoms with Crippen LogP contribution in [0.4, 0.5) is 5.69 Å². The van der Waals surface area contributed by atoms with Gasteiger partial charge in [-0.25, -0.2) is 0 Å². The molecule has 1 atom stereocenters. The molecule has 2 heterocycles. The molecule has 0 saturated carbocycles. The number of thiophene rings is 1. The highest BCUT2D eigenvalue weighted by molar-refractivity contribution is 7.12. The number of likely N-dealkylation sites (tertiary alicyclic amines) is 1. The van der Waals surface area contributed by atoms with E-state index in [9.17, 15) is 14.4 Å². The van der Waals surface area contributed by atoms with E-state index in [1.54, 1.807) is 35.2 Å². The zero-order chi connectivity index (χ0) is 22.2. The van der Waals surface area contributed by atoms with Crippen molar-refractivity contribution in [2.24, 2.45) is 0 Å². The molecular formula is C24H31N3O3S. The minimum atomic E-state index is -0.478. The van der Waals surface area contributed by atoms with Gasteiger partial charge in [-0.1, -0.05) is 19.9 Å². The lowest BCUT2D eigenvalue weighted by molar-refractivity contribution is -0.121. The van der Waals surface area contributed by atoms with Gasteiger partial charge in [0.15, 0.2) is 0 Å². The van der Waals surface area contributed by atoms with E-state index in [0.717, 1.165) is 38.8 Å². The highest BCUT2D eigenvalue weighted by Crippen LogP contribution is 2.23. The summed E-state index contributed by atoms with van der Waals surface area (Å²) in [6, 6.07) is 10.2. The molecule has 1 aliphatic rings. The Balaban J connectivity index is 1.66. The number of benzene rings is 1. The van der Waals surface area contributed by atoms with E-state index in [0.29, 0.717) is 29.1 Å².